The molecule has 0 aromatic carbocycles. The monoisotopic (exact) mass is 308 g/mol. The van der Waals surface area contributed by atoms with E-state index in [0.717, 1.165) is 0 Å². The Morgan fingerprint density at radius 2 is 2.43 bits per heavy atom. The number of likely N-dealkylation sites (tertiary alicyclic amines) is 1. The Balaban J connectivity index is 1.62. The summed E-state index contributed by atoms with van der Waals surface area (Å²) in [5.41, 5.74) is -0.139. The zero-order valence-electron chi connectivity index (χ0n) is 11.7. The number of carbonyl (C=O) groups is 2. The molecule has 21 heavy (non-hydrogen) atoms. The van der Waals surface area contributed by atoms with Crippen LogP contribution < -0.4 is 5.32 Å². The van der Waals surface area contributed by atoms with Crippen molar-refractivity contribution in [1.29, 1.82) is 0 Å². The molecule has 3 aliphatic heterocycles. The fourth-order valence-electron chi connectivity index (χ4n) is 3.67. The van der Waals surface area contributed by atoms with E-state index in [2.05, 4.69) is 10.3 Å². The molecule has 0 saturated carbocycles. The quantitative estimate of drug-likeness (QED) is 0.854. The van der Waals surface area contributed by atoms with Crippen LogP contribution in [0.1, 0.15) is 23.3 Å². The van der Waals surface area contributed by atoms with E-state index in [9.17, 15) is 9.59 Å². The average Bonchev–Trinajstić information content (AvgIpc) is 3.21. The van der Waals surface area contributed by atoms with Gasteiger partial charge in [-0.05, 0) is 0 Å². The molecule has 1 aromatic rings. The molecule has 0 unspecified atom stereocenters. The number of thiazole rings is 1. The molecule has 4 heterocycles. The lowest BCUT2D eigenvalue weighted by molar-refractivity contribution is -0.136. The highest BCUT2D eigenvalue weighted by molar-refractivity contribution is 7.13. The number of amides is 2. The summed E-state index contributed by atoms with van der Waals surface area (Å²) < 4.78 is 5.88. The van der Waals surface area contributed by atoms with Gasteiger partial charge < -0.3 is 19.9 Å². The van der Waals surface area contributed by atoms with Crippen LogP contribution in [0.2, 0.25) is 0 Å². The van der Waals surface area contributed by atoms with Gasteiger partial charge in [0.1, 0.15) is 5.69 Å². The first kappa shape index (κ1) is 13.0. The second kappa shape index (κ2) is 4.41. The fourth-order valence-corrected chi connectivity index (χ4v) is 4.31. The van der Waals surface area contributed by atoms with Gasteiger partial charge in [-0.3, -0.25) is 9.59 Å². The summed E-state index contributed by atoms with van der Waals surface area (Å²) in [6.07, 6.45) is 1.05. The Labute approximate surface area is 125 Å². The van der Waals surface area contributed by atoms with Crippen LogP contribution >= 0.6 is 11.3 Å². The molecule has 0 bridgehead atoms. The van der Waals surface area contributed by atoms with E-state index < -0.39 is 5.72 Å². The molecule has 2 atom stereocenters. The zero-order valence-corrected chi connectivity index (χ0v) is 12.5. The number of nitrogens with one attached hydrogen (secondary N) is 1. The third-order valence-electron chi connectivity index (χ3n) is 4.60. The molecule has 8 heteroatoms. The van der Waals surface area contributed by atoms with Crippen LogP contribution in [0.15, 0.2) is 5.38 Å². The average molecular weight is 308 g/mol. The van der Waals surface area contributed by atoms with Gasteiger partial charge in [0.2, 0.25) is 5.91 Å². The van der Waals surface area contributed by atoms with Crippen molar-refractivity contribution >= 4 is 28.3 Å². The van der Waals surface area contributed by atoms with Gasteiger partial charge in [0, 0.05) is 31.9 Å². The summed E-state index contributed by atoms with van der Waals surface area (Å²) in [4.78, 5) is 32.6. The molecule has 0 aliphatic carbocycles. The molecule has 3 fully saturated rings. The van der Waals surface area contributed by atoms with Gasteiger partial charge in [-0.1, -0.05) is 0 Å². The van der Waals surface area contributed by atoms with E-state index in [-0.39, 0.29) is 17.9 Å². The van der Waals surface area contributed by atoms with Crippen molar-refractivity contribution in [3.8, 4) is 0 Å². The first-order valence-corrected chi connectivity index (χ1v) is 7.92. The summed E-state index contributed by atoms with van der Waals surface area (Å²) >= 11 is 1.40. The fraction of sp³-hybridized carbons (Fsp3) is 0.615. The smallest absolute Gasteiger partial charge is 0.273 e. The molecule has 112 valence electrons. The number of carbonyl (C=O) groups excluding carboxylic acids is 2. The number of hydrogen-bond donors (Lipinski definition) is 1. The maximum Gasteiger partial charge on any atom is 0.273 e. The molecule has 3 saturated heterocycles. The van der Waals surface area contributed by atoms with Crippen molar-refractivity contribution < 1.29 is 14.3 Å². The molecular weight excluding hydrogens is 292 g/mol. The molecule has 2 amide bonds. The molecule has 1 aromatic heterocycles. The first-order chi connectivity index (χ1) is 10.2. The van der Waals surface area contributed by atoms with E-state index in [4.69, 9.17) is 4.74 Å². The highest BCUT2D eigenvalue weighted by Crippen LogP contribution is 2.45. The van der Waals surface area contributed by atoms with Crippen LogP contribution in [0.3, 0.4) is 0 Å². The van der Waals surface area contributed by atoms with Gasteiger partial charge in [0.05, 0.1) is 19.1 Å². The van der Waals surface area contributed by atoms with Gasteiger partial charge in [0.25, 0.3) is 5.91 Å². The van der Waals surface area contributed by atoms with Gasteiger partial charge in [-0.15, -0.1) is 11.3 Å². The SMILES string of the molecule is CNc1nc(C(=O)N2CC[C@@]34OCCN3C(=O)C[C@@H]24)cs1. The molecule has 1 spiro atoms. The largest absolute Gasteiger partial charge is 0.365 e. The van der Waals surface area contributed by atoms with Crippen molar-refractivity contribution in [3.63, 3.8) is 0 Å². The Hall–Kier alpha value is -1.67. The summed E-state index contributed by atoms with van der Waals surface area (Å²) in [6, 6.07) is -0.181. The van der Waals surface area contributed by atoms with Crippen LogP contribution in [0.4, 0.5) is 5.13 Å². The third kappa shape index (κ3) is 1.66. The van der Waals surface area contributed by atoms with Crippen molar-refractivity contribution in [2.75, 3.05) is 32.1 Å². The molecular formula is C13H16N4O3S. The van der Waals surface area contributed by atoms with Gasteiger partial charge in [0.15, 0.2) is 10.9 Å². The lowest BCUT2D eigenvalue weighted by Crippen LogP contribution is -2.48. The molecule has 4 rings (SSSR count). The summed E-state index contributed by atoms with van der Waals surface area (Å²) in [5, 5.41) is 5.40. The topological polar surface area (TPSA) is 74.8 Å². The predicted octanol–water partition coefficient (Wildman–Crippen LogP) is 0.358. The highest BCUT2D eigenvalue weighted by atomic mass is 32.1. The Bertz CT molecular complexity index is 618. The van der Waals surface area contributed by atoms with E-state index in [1.807, 2.05) is 4.90 Å². The Morgan fingerprint density at radius 3 is 3.19 bits per heavy atom. The third-order valence-corrected chi connectivity index (χ3v) is 5.46. The second-order valence-corrected chi connectivity index (χ2v) is 6.35. The van der Waals surface area contributed by atoms with Gasteiger partial charge in [-0.25, -0.2) is 4.98 Å². The van der Waals surface area contributed by atoms with Crippen LogP contribution in [0.25, 0.3) is 0 Å². The van der Waals surface area contributed by atoms with E-state index >= 15 is 0 Å². The zero-order chi connectivity index (χ0) is 14.6. The number of nitrogens with zero attached hydrogens (tertiary/aromatic N) is 3. The number of anilines is 1. The molecule has 0 radical (unpaired) electrons. The van der Waals surface area contributed by atoms with Crippen LogP contribution in [-0.2, 0) is 9.53 Å². The molecule has 1 N–H and O–H groups in total. The van der Waals surface area contributed by atoms with Gasteiger partial charge in [-0.2, -0.15) is 0 Å². The lowest BCUT2D eigenvalue weighted by Gasteiger charge is -2.31. The number of aromatic nitrogens is 1. The van der Waals surface area contributed by atoms with Crippen LogP contribution in [-0.4, -0.2) is 65.1 Å². The first-order valence-electron chi connectivity index (χ1n) is 7.04. The summed E-state index contributed by atoms with van der Waals surface area (Å²) in [6.45, 7) is 1.81. The minimum atomic E-state index is -0.575. The minimum Gasteiger partial charge on any atom is -0.365 e. The van der Waals surface area contributed by atoms with Crippen molar-refractivity contribution in [2.24, 2.45) is 0 Å². The van der Waals surface area contributed by atoms with Crippen molar-refractivity contribution in [3.05, 3.63) is 11.1 Å². The Kier molecular flexibility index (Phi) is 2.74. The maximum absolute atomic E-state index is 12.7. The highest BCUT2D eigenvalue weighted by Gasteiger charge is 2.63. The summed E-state index contributed by atoms with van der Waals surface area (Å²) in [5.74, 6) is -0.0241. The van der Waals surface area contributed by atoms with Crippen LogP contribution in [0, 0.1) is 0 Å². The number of ether oxygens (including phenoxy) is 1. The maximum atomic E-state index is 12.7. The standard InChI is InChI=1S/C13H16N4O3S/c1-14-12-15-8(7-21-12)11(19)16-3-2-13-9(16)6-10(18)17(13)4-5-20-13/h7,9H,2-6H2,1H3,(H,14,15)/t9-,13+/m1/s1. The minimum absolute atomic E-state index is 0.0872. The molecule has 3 aliphatic rings. The second-order valence-electron chi connectivity index (χ2n) is 5.50. The van der Waals surface area contributed by atoms with E-state index in [1.165, 1.54) is 11.3 Å². The number of rotatable bonds is 2. The van der Waals surface area contributed by atoms with E-state index in [0.29, 0.717) is 43.4 Å². The molecule has 7 nitrogen and oxygen atoms in total. The lowest BCUT2D eigenvalue weighted by atomic mass is 10.1. The van der Waals surface area contributed by atoms with E-state index in [1.54, 1.807) is 17.3 Å². The summed E-state index contributed by atoms with van der Waals surface area (Å²) in [7, 11) is 1.78. The van der Waals surface area contributed by atoms with Crippen molar-refractivity contribution in [2.45, 2.75) is 24.6 Å². The number of hydrogen-bond acceptors (Lipinski definition) is 6. The normalized spacial score (nSPS) is 30.7. The van der Waals surface area contributed by atoms with Gasteiger partial charge >= 0.3 is 0 Å². The predicted molar refractivity (Wildman–Crippen MR) is 76.1 cm³/mol. The Morgan fingerprint density at radius 1 is 1.57 bits per heavy atom. The van der Waals surface area contributed by atoms with Crippen LogP contribution in [0.5, 0.6) is 0 Å². The van der Waals surface area contributed by atoms with Crippen molar-refractivity contribution in [1.82, 2.24) is 14.8 Å².